The van der Waals surface area contributed by atoms with E-state index in [0.717, 1.165) is 37.8 Å². The van der Waals surface area contributed by atoms with E-state index < -0.39 is 17.3 Å². The Bertz CT molecular complexity index is 522. The third-order valence-electron chi connectivity index (χ3n) is 3.14. The van der Waals surface area contributed by atoms with Crippen molar-refractivity contribution in [2.45, 2.75) is 66.2 Å². The molecule has 23 heavy (non-hydrogen) atoms. The van der Waals surface area contributed by atoms with Gasteiger partial charge in [0, 0.05) is 18.1 Å². The zero-order valence-electron chi connectivity index (χ0n) is 14.7. The highest BCUT2D eigenvalue weighted by atomic mass is 19.1. The highest BCUT2D eigenvalue weighted by Crippen LogP contribution is 2.30. The monoisotopic (exact) mass is 324 g/mol. The molecule has 0 saturated heterocycles. The minimum absolute atomic E-state index is 0.0504. The van der Waals surface area contributed by atoms with Crippen LogP contribution in [0.1, 0.15) is 71.8 Å². The molecule has 0 aliphatic carbocycles. The molecule has 3 nitrogen and oxygen atoms in total. The Morgan fingerprint density at radius 2 is 1.65 bits per heavy atom. The minimum Gasteiger partial charge on any atom is -0.504 e. The molecule has 130 valence electrons. The van der Waals surface area contributed by atoms with Gasteiger partial charge in [0.25, 0.3) is 0 Å². The number of carbonyl (C=O) groups excluding carboxylic acids is 1. The maximum atomic E-state index is 13.7. The van der Waals surface area contributed by atoms with Gasteiger partial charge in [0.05, 0.1) is 0 Å². The summed E-state index contributed by atoms with van der Waals surface area (Å²) in [5, 5.41) is 18.6. The van der Waals surface area contributed by atoms with E-state index in [1.165, 1.54) is 12.5 Å². The number of aromatic hydroxyl groups is 2. The molecule has 0 aliphatic heterocycles. The van der Waals surface area contributed by atoms with Crippen LogP contribution in [0.15, 0.2) is 18.2 Å². The van der Waals surface area contributed by atoms with E-state index in [1.54, 1.807) is 6.92 Å². The number of hydrogen-bond donors (Lipinski definition) is 2. The first-order chi connectivity index (χ1) is 10.9. The number of ketones is 1. The largest absolute Gasteiger partial charge is 0.504 e. The summed E-state index contributed by atoms with van der Waals surface area (Å²) in [4.78, 5) is 11.7. The smallest absolute Gasteiger partial charge is 0.160 e. The summed E-state index contributed by atoms with van der Waals surface area (Å²) in [6.45, 7) is 7.96. The highest BCUT2D eigenvalue weighted by molar-refractivity contribution is 5.96. The van der Waals surface area contributed by atoms with Crippen LogP contribution in [0, 0.1) is 5.82 Å². The van der Waals surface area contributed by atoms with E-state index in [-0.39, 0.29) is 11.3 Å². The number of carbonyl (C=O) groups is 1. The number of hydrogen-bond acceptors (Lipinski definition) is 3. The minimum atomic E-state index is -0.659. The van der Waals surface area contributed by atoms with Gasteiger partial charge >= 0.3 is 0 Å². The Morgan fingerprint density at radius 1 is 1.09 bits per heavy atom. The van der Waals surface area contributed by atoms with E-state index in [2.05, 4.69) is 20.8 Å². The van der Waals surface area contributed by atoms with Crippen molar-refractivity contribution in [3.63, 3.8) is 0 Å². The van der Waals surface area contributed by atoms with Crippen LogP contribution in [0.3, 0.4) is 0 Å². The van der Waals surface area contributed by atoms with Gasteiger partial charge in [0.1, 0.15) is 5.82 Å². The van der Waals surface area contributed by atoms with E-state index in [1.807, 2.05) is 0 Å². The molecule has 1 rings (SSSR count). The zero-order valence-corrected chi connectivity index (χ0v) is 14.7. The van der Waals surface area contributed by atoms with Crippen molar-refractivity contribution in [3.8, 4) is 11.5 Å². The summed E-state index contributed by atoms with van der Waals surface area (Å²) in [6.07, 6.45) is 7.16. The average Bonchev–Trinajstić information content (AvgIpc) is 2.48. The molecule has 0 aromatic heterocycles. The number of benzene rings is 1. The van der Waals surface area contributed by atoms with E-state index >= 15 is 0 Å². The number of phenols is 2. The molecule has 0 radical (unpaired) electrons. The highest BCUT2D eigenvalue weighted by Gasteiger charge is 2.11. The number of unbranched alkanes of at least 4 members (excludes halogenated alkanes) is 3. The lowest BCUT2D eigenvalue weighted by Gasteiger charge is -2.06. The molecule has 0 bridgehead atoms. The van der Waals surface area contributed by atoms with Gasteiger partial charge in [-0.1, -0.05) is 46.5 Å². The Labute approximate surface area is 138 Å². The molecule has 1 aromatic rings. The fourth-order valence-electron chi connectivity index (χ4n) is 1.97. The fraction of sp³-hybridized carbons (Fsp3) is 0.526. The van der Waals surface area contributed by atoms with Gasteiger partial charge in [0.2, 0.25) is 0 Å². The summed E-state index contributed by atoms with van der Waals surface area (Å²) in [7, 11) is 0. The van der Waals surface area contributed by atoms with E-state index in [4.69, 9.17) is 0 Å². The number of rotatable bonds is 7. The van der Waals surface area contributed by atoms with Crippen molar-refractivity contribution >= 4 is 11.4 Å². The third-order valence-corrected chi connectivity index (χ3v) is 3.14. The van der Waals surface area contributed by atoms with Crippen molar-refractivity contribution in [3.05, 3.63) is 29.6 Å². The molecule has 0 atom stereocenters. The second kappa shape index (κ2) is 11.7. The third kappa shape index (κ3) is 8.38. The second-order valence-corrected chi connectivity index (χ2v) is 5.63. The molecular weight excluding hydrogens is 295 g/mol. The lowest BCUT2D eigenvalue weighted by Crippen LogP contribution is -1.96. The molecule has 0 saturated carbocycles. The summed E-state index contributed by atoms with van der Waals surface area (Å²) >= 11 is 0. The standard InChI is InChI=1S/C16H21FO3.C3H8/c1-3-4-5-6-7-12(18)8-11(2)13-9-15(19)16(20)10-14(13)17;1-3-2/h8-10,19-20H,3-7H2,1-2H3;3H2,1-2H3/b11-8+;. The van der Waals surface area contributed by atoms with Gasteiger partial charge in [-0.2, -0.15) is 0 Å². The first-order valence-electron chi connectivity index (χ1n) is 8.30. The zero-order chi connectivity index (χ0) is 17.8. The molecule has 2 N–H and O–H groups in total. The van der Waals surface area contributed by atoms with Crippen molar-refractivity contribution in [1.82, 2.24) is 0 Å². The Hall–Kier alpha value is -1.84. The number of halogens is 1. The van der Waals surface area contributed by atoms with Gasteiger partial charge in [-0.15, -0.1) is 0 Å². The first kappa shape index (κ1) is 21.2. The fourth-order valence-corrected chi connectivity index (χ4v) is 1.97. The molecule has 0 amide bonds. The normalized spacial score (nSPS) is 10.9. The van der Waals surface area contributed by atoms with Gasteiger partial charge < -0.3 is 10.2 Å². The maximum absolute atomic E-state index is 13.7. The van der Waals surface area contributed by atoms with Crippen LogP contribution in [0.25, 0.3) is 5.57 Å². The molecule has 0 fully saturated rings. The van der Waals surface area contributed by atoms with Gasteiger partial charge in [-0.3, -0.25) is 4.79 Å². The predicted molar refractivity (Wildman–Crippen MR) is 93.1 cm³/mol. The number of allylic oxidation sites excluding steroid dienone is 2. The SMILES string of the molecule is CCC.CCCCCCC(=O)/C=C(\C)c1cc(O)c(O)cc1F. The molecular formula is C19H29FO3. The lowest BCUT2D eigenvalue weighted by molar-refractivity contribution is -0.114. The van der Waals surface area contributed by atoms with E-state index in [9.17, 15) is 19.4 Å². The Kier molecular flexibility index (Phi) is 10.8. The summed E-state index contributed by atoms with van der Waals surface area (Å²) in [5.74, 6) is -1.62. The second-order valence-electron chi connectivity index (χ2n) is 5.63. The van der Waals surface area contributed by atoms with Crippen molar-refractivity contribution < 1.29 is 19.4 Å². The maximum Gasteiger partial charge on any atom is 0.160 e. The first-order valence-corrected chi connectivity index (χ1v) is 8.30. The average molecular weight is 324 g/mol. The van der Waals surface area contributed by atoms with Crippen molar-refractivity contribution in [1.29, 1.82) is 0 Å². The lowest BCUT2D eigenvalue weighted by atomic mass is 10.0. The van der Waals surface area contributed by atoms with Crippen LogP contribution >= 0.6 is 0 Å². The van der Waals surface area contributed by atoms with Crippen LogP contribution < -0.4 is 0 Å². The quantitative estimate of drug-likeness (QED) is 0.390. The van der Waals surface area contributed by atoms with Crippen molar-refractivity contribution in [2.75, 3.05) is 0 Å². The summed E-state index contributed by atoms with van der Waals surface area (Å²) in [6, 6.07) is 1.97. The summed E-state index contributed by atoms with van der Waals surface area (Å²) < 4.78 is 13.7. The van der Waals surface area contributed by atoms with E-state index in [0.29, 0.717) is 12.0 Å². The summed E-state index contributed by atoms with van der Waals surface area (Å²) in [5.41, 5.74) is 0.570. The van der Waals surface area contributed by atoms with Crippen LogP contribution in [-0.4, -0.2) is 16.0 Å². The van der Waals surface area contributed by atoms with Crippen LogP contribution in [0.5, 0.6) is 11.5 Å². The molecule has 4 heteroatoms. The number of phenolic OH excluding ortho intramolecular Hbond substituents is 2. The van der Waals surface area contributed by atoms with Gasteiger partial charge in [-0.05, 0) is 31.1 Å². The van der Waals surface area contributed by atoms with Gasteiger partial charge in [-0.25, -0.2) is 4.39 Å². The molecule has 0 spiro atoms. The predicted octanol–water partition coefficient (Wildman–Crippen LogP) is 5.60. The van der Waals surface area contributed by atoms with Crippen LogP contribution in [0.4, 0.5) is 4.39 Å². The molecule has 1 aromatic carbocycles. The van der Waals surface area contributed by atoms with Crippen molar-refractivity contribution in [2.24, 2.45) is 0 Å². The Balaban J connectivity index is 0.00000149. The Morgan fingerprint density at radius 3 is 2.22 bits per heavy atom. The van der Waals surface area contributed by atoms with Gasteiger partial charge in [0.15, 0.2) is 17.3 Å². The molecule has 0 heterocycles. The topological polar surface area (TPSA) is 57.5 Å². The van der Waals surface area contributed by atoms with Crippen LogP contribution in [-0.2, 0) is 4.79 Å². The molecule has 0 unspecified atom stereocenters. The van der Waals surface area contributed by atoms with Crippen LogP contribution in [0.2, 0.25) is 0 Å². The molecule has 0 aliphatic rings.